The van der Waals surface area contributed by atoms with E-state index in [1.165, 1.54) is 18.2 Å². The highest BCUT2D eigenvalue weighted by atomic mass is 16.4. The van der Waals surface area contributed by atoms with Crippen molar-refractivity contribution in [2.45, 2.75) is 6.04 Å². The van der Waals surface area contributed by atoms with E-state index in [1.54, 1.807) is 10.7 Å². The van der Waals surface area contributed by atoms with Gasteiger partial charge in [0.25, 0.3) is 0 Å². The van der Waals surface area contributed by atoms with E-state index in [1.807, 2.05) is 30.3 Å². The molecule has 0 spiro atoms. The smallest absolute Gasteiger partial charge is 0.352 e. The molecule has 0 unspecified atom stereocenters. The van der Waals surface area contributed by atoms with Crippen LogP contribution in [0.5, 0.6) is 11.5 Å². The number of aromatic hydroxyl groups is 2. The minimum absolute atomic E-state index is 0.0397. The predicted molar refractivity (Wildman–Crippen MR) is 92.7 cm³/mol. The molecule has 3 aromatic rings. The van der Waals surface area contributed by atoms with Gasteiger partial charge in [-0.2, -0.15) is 4.98 Å². The number of aromatic nitrogens is 3. The zero-order valence-electron chi connectivity index (χ0n) is 13.4. The number of benzene rings is 2. The maximum atomic E-state index is 11.5. The van der Waals surface area contributed by atoms with Crippen LogP contribution in [0.25, 0.3) is 11.4 Å². The van der Waals surface area contributed by atoms with Gasteiger partial charge in [0.15, 0.2) is 17.3 Å². The fourth-order valence-corrected chi connectivity index (χ4v) is 2.79. The number of allylic oxidation sites excluding steroid dienone is 1. The van der Waals surface area contributed by atoms with Crippen molar-refractivity contribution in [1.82, 2.24) is 14.8 Å². The Balaban J connectivity index is 1.84. The first kappa shape index (κ1) is 15.7. The van der Waals surface area contributed by atoms with Gasteiger partial charge in [-0.15, -0.1) is 5.10 Å². The van der Waals surface area contributed by atoms with Crippen LogP contribution >= 0.6 is 0 Å². The SMILES string of the molecule is O=C(O)C1=C[C@@H](c2ccc(O)c(O)c2)n2nc(-c3ccccc3)nc2N1. The molecule has 0 amide bonds. The third-order valence-electron chi connectivity index (χ3n) is 4.07. The standard InChI is InChI=1S/C18H14N4O4/c23-14-7-6-11(8-15(14)24)13-9-12(17(25)26)19-18-20-16(21-22(13)18)10-4-2-1-3-5-10/h1-9,13,23-24H,(H,25,26)(H,19,20,21)/t13-/m0/s1. The molecule has 0 saturated carbocycles. The van der Waals surface area contributed by atoms with Crippen molar-refractivity contribution >= 4 is 11.9 Å². The van der Waals surface area contributed by atoms with Crippen molar-refractivity contribution in [3.05, 3.63) is 65.9 Å². The van der Waals surface area contributed by atoms with Crippen molar-refractivity contribution in [2.75, 3.05) is 5.32 Å². The molecule has 1 atom stereocenters. The van der Waals surface area contributed by atoms with Crippen LogP contribution in [-0.4, -0.2) is 36.1 Å². The molecule has 1 aliphatic heterocycles. The molecule has 0 radical (unpaired) electrons. The summed E-state index contributed by atoms with van der Waals surface area (Å²) in [4.78, 5) is 15.9. The highest BCUT2D eigenvalue weighted by molar-refractivity contribution is 5.90. The fraction of sp³-hybridized carbons (Fsp3) is 0.0556. The van der Waals surface area contributed by atoms with Gasteiger partial charge in [0, 0.05) is 5.56 Å². The number of aliphatic carboxylic acids is 1. The number of hydrogen-bond donors (Lipinski definition) is 4. The average Bonchev–Trinajstić information content (AvgIpc) is 3.08. The summed E-state index contributed by atoms with van der Waals surface area (Å²) in [5, 5.41) is 35.9. The molecule has 0 aliphatic carbocycles. The van der Waals surface area contributed by atoms with Crippen LogP contribution in [0.2, 0.25) is 0 Å². The van der Waals surface area contributed by atoms with Crippen molar-refractivity contribution in [2.24, 2.45) is 0 Å². The maximum Gasteiger partial charge on any atom is 0.352 e. The van der Waals surface area contributed by atoms with E-state index in [4.69, 9.17) is 0 Å². The van der Waals surface area contributed by atoms with Gasteiger partial charge in [-0.05, 0) is 23.8 Å². The molecule has 1 aromatic heterocycles. The van der Waals surface area contributed by atoms with Gasteiger partial charge in [-0.1, -0.05) is 36.4 Å². The number of fused-ring (bicyclic) bond motifs is 1. The van der Waals surface area contributed by atoms with Crippen LogP contribution in [-0.2, 0) is 4.79 Å². The van der Waals surface area contributed by atoms with Crippen LogP contribution in [0, 0.1) is 0 Å². The molecule has 0 saturated heterocycles. The Labute approximate surface area is 147 Å². The quantitative estimate of drug-likeness (QED) is 0.535. The highest BCUT2D eigenvalue weighted by Crippen LogP contribution is 2.34. The normalized spacial score (nSPS) is 15.7. The lowest BCUT2D eigenvalue weighted by Crippen LogP contribution is -2.24. The fourth-order valence-electron chi connectivity index (χ4n) is 2.79. The molecule has 26 heavy (non-hydrogen) atoms. The summed E-state index contributed by atoms with van der Waals surface area (Å²) in [5.41, 5.74) is 1.31. The number of hydrogen-bond acceptors (Lipinski definition) is 6. The Morgan fingerprint density at radius 3 is 2.54 bits per heavy atom. The van der Waals surface area contributed by atoms with Crippen molar-refractivity contribution in [3.63, 3.8) is 0 Å². The van der Waals surface area contributed by atoms with Crippen LogP contribution in [0.15, 0.2) is 60.3 Å². The van der Waals surface area contributed by atoms with Gasteiger partial charge < -0.3 is 20.6 Å². The third kappa shape index (κ3) is 2.63. The number of nitrogens with one attached hydrogen (secondary N) is 1. The lowest BCUT2D eigenvalue weighted by molar-refractivity contribution is -0.132. The van der Waals surface area contributed by atoms with Crippen LogP contribution < -0.4 is 5.32 Å². The zero-order valence-corrected chi connectivity index (χ0v) is 13.4. The monoisotopic (exact) mass is 350 g/mol. The molecule has 4 N–H and O–H groups in total. The molecule has 1 aliphatic rings. The van der Waals surface area contributed by atoms with Crippen LogP contribution in [0.1, 0.15) is 11.6 Å². The molecular formula is C18H14N4O4. The second-order valence-electron chi connectivity index (χ2n) is 5.77. The number of phenolic OH excluding ortho intramolecular Hbond substituents is 2. The number of carboxylic acids is 1. The Bertz CT molecular complexity index is 1030. The summed E-state index contributed by atoms with van der Waals surface area (Å²) < 4.78 is 1.54. The van der Waals surface area contributed by atoms with E-state index in [9.17, 15) is 20.1 Å². The van der Waals surface area contributed by atoms with E-state index in [2.05, 4.69) is 15.4 Å². The van der Waals surface area contributed by atoms with Gasteiger partial charge in [0.1, 0.15) is 11.7 Å². The summed E-state index contributed by atoms with van der Waals surface area (Å²) in [6.07, 6.45) is 1.48. The number of rotatable bonds is 3. The first-order valence-electron chi connectivity index (χ1n) is 7.79. The van der Waals surface area contributed by atoms with Crippen molar-refractivity contribution in [3.8, 4) is 22.9 Å². The summed E-state index contributed by atoms with van der Waals surface area (Å²) in [5.74, 6) is -0.957. The number of nitrogens with zero attached hydrogens (tertiary/aromatic N) is 3. The summed E-state index contributed by atoms with van der Waals surface area (Å²) in [6, 6.07) is 13.0. The highest BCUT2D eigenvalue weighted by Gasteiger charge is 2.28. The van der Waals surface area contributed by atoms with Crippen LogP contribution in [0.4, 0.5) is 5.95 Å². The lowest BCUT2D eigenvalue weighted by atomic mass is 10.0. The molecule has 0 bridgehead atoms. The topological polar surface area (TPSA) is 120 Å². The predicted octanol–water partition coefficient (Wildman–Crippen LogP) is 2.34. The second-order valence-corrected chi connectivity index (χ2v) is 5.77. The number of anilines is 1. The van der Waals surface area contributed by atoms with Crippen LogP contribution in [0.3, 0.4) is 0 Å². The Hall–Kier alpha value is -3.81. The maximum absolute atomic E-state index is 11.5. The molecule has 130 valence electrons. The van der Waals surface area contributed by atoms with E-state index < -0.39 is 12.0 Å². The Kier molecular flexibility index (Phi) is 3.58. The molecular weight excluding hydrogens is 336 g/mol. The summed E-state index contributed by atoms with van der Waals surface area (Å²) in [7, 11) is 0. The second kappa shape index (κ2) is 5.92. The number of carbonyl (C=O) groups is 1. The molecule has 2 heterocycles. The van der Waals surface area contributed by atoms with E-state index in [0.29, 0.717) is 11.4 Å². The minimum atomic E-state index is -1.13. The van der Waals surface area contributed by atoms with Gasteiger partial charge in [0.2, 0.25) is 5.95 Å². The molecule has 8 heteroatoms. The van der Waals surface area contributed by atoms with E-state index in [-0.39, 0.29) is 23.1 Å². The molecule has 4 rings (SSSR count). The average molecular weight is 350 g/mol. The van der Waals surface area contributed by atoms with Gasteiger partial charge in [0.05, 0.1) is 0 Å². The van der Waals surface area contributed by atoms with E-state index in [0.717, 1.165) is 5.56 Å². The third-order valence-corrected chi connectivity index (χ3v) is 4.07. The Morgan fingerprint density at radius 1 is 1.08 bits per heavy atom. The minimum Gasteiger partial charge on any atom is -0.504 e. The molecule has 2 aromatic carbocycles. The van der Waals surface area contributed by atoms with Gasteiger partial charge in [-0.25, -0.2) is 9.48 Å². The van der Waals surface area contributed by atoms with Gasteiger partial charge in [-0.3, -0.25) is 0 Å². The first-order valence-corrected chi connectivity index (χ1v) is 7.79. The number of carboxylic acid groups (broad SMARTS) is 1. The largest absolute Gasteiger partial charge is 0.504 e. The molecule has 8 nitrogen and oxygen atoms in total. The molecule has 0 fully saturated rings. The summed E-state index contributed by atoms with van der Waals surface area (Å²) in [6.45, 7) is 0. The zero-order chi connectivity index (χ0) is 18.3. The Morgan fingerprint density at radius 2 is 1.85 bits per heavy atom. The van der Waals surface area contributed by atoms with E-state index >= 15 is 0 Å². The van der Waals surface area contributed by atoms with Gasteiger partial charge >= 0.3 is 5.97 Å². The number of phenols is 2. The lowest BCUT2D eigenvalue weighted by Gasteiger charge is -2.22. The van der Waals surface area contributed by atoms with Crippen molar-refractivity contribution in [1.29, 1.82) is 0 Å². The van der Waals surface area contributed by atoms with Crippen molar-refractivity contribution < 1.29 is 20.1 Å². The first-order chi connectivity index (χ1) is 12.5. The summed E-state index contributed by atoms with van der Waals surface area (Å²) >= 11 is 0.